The zero-order valence-corrected chi connectivity index (χ0v) is 12.2. The Morgan fingerprint density at radius 2 is 2.19 bits per heavy atom. The lowest BCUT2D eigenvalue weighted by Crippen LogP contribution is -2.26. The SMILES string of the molecule is CC(NC(=O)CCCC1CNNC1)c1ccc(O)c(F)c1. The van der Waals surface area contributed by atoms with E-state index in [0.29, 0.717) is 17.9 Å². The molecule has 2 rings (SSSR count). The topological polar surface area (TPSA) is 73.4 Å². The third-order valence-corrected chi connectivity index (χ3v) is 3.77. The van der Waals surface area contributed by atoms with Crippen molar-refractivity contribution in [1.29, 1.82) is 0 Å². The molecular weight excluding hydrogens is 273 g/mol. The van der Waals surface area contributed by atoms with Crippen molar-refractivity contribution in [2.24, 2.45) is 5.92 Å². The molecule has 0 spiro atoms. The number of hydrogen-bond acceptors (Lipinski definition) is 4. The fourth-order valence-corrected chi connectivity index (χ4v) is 2.45. The maximum Gasteiger partial charge on any atom is 0.220 e. The van der Waals surface area contributed by atoms with Crippen LogP contribution >= 0.6 is 0 Å². The summed E-state index contributed by atoms with van der Waals surface area (Å²) >= 11 is 0. The molecule has 1 aromatic rings. The molecular formula is C15H22FN3O2. The maximum atomic E-state index is 13.3. The van der Waals surface area contributed by atoms with Crippen molar-refractivity contribution in [3.8, 4) is 5.75 Å². The number of phenolic OH excluding ortho intramolecular Hbond substituents is 1. The van der Waals surface area contributed by atoms with Gasteiger partial charge in [-0.1, -0.05) is 6.07 Å². The fraction of sp³-hybridized carbons (Fsp3) is 0.533. The average molecular weight is 295 g/mol. The van der Waals surface area contributed by atoms with Crippen molar-refractivity contribution in [3.05, 3.63) is 29.6 Å². The van der Waals surface area contributed by atoms with E-state index in [2.05, 4.69) is 16.2 Å². The minimum Gasteiger partial charge on any atom is -0.505 e. The minimum atomic E-state index is -0.671. The summed E-state index contributed by atoms with van der Waals surface area (Å²) in [4.78, 5) is 11.9. The second-order valence-corrected chi connectivity index (χ2v) is 5.52. The predicted molar refractivity (Wildman–Crippen MR) is 78.0 cm³/mol. The molecule has 0 saturated carbocycles. The quantitative estimate of drug-likeness (QED) is 0.643. The minimum absolute atomic E-state index is 0.0325. The third kappa shape index (κ3) is 4.68. The van der Waals surface area contributed by atoms with Gasteiger partial charge in [-0.15, -0.1) is 0 Å². The molecule has 6 heteroatoms. The zero-order chi connectivity index (χ0) is 15.2. The smallest absolute Gasteiger partial charge is 0.220 e. The van der Waals surface area contributed by atoms with E-state index >= 15 is 0 Å². The third-order valence-electron chi connectivity index (χ3n) is 3.77. The Balaban J connectivity index is 1.74. The normalized spacial score (nSPS) is 16.9. The molecule has 5 nitrogen and oxygen atoms in total. The summed E-state index contributed by atoms with van der Waals surface area (Å²) in [6, 6.07) is 3.88. The molecule has 1 unspecified atom stereocenters. The number of hydrogen-bond donors (Lipinski definition) is 4. The Kier molecular flexibility index (Phi) is 5.52. The maximum absolute atomic E-state index is 13.3. The van der Waals surface area contributed by atoms with Crippen molar-refractivity contribution in [2.75, 3.05) is 13.1 Å². The predicted octanol–water partition coefficient (Wildman–Crippen LogP) is 1.60. The van der Waals surface area contributed by atoms with E-state index in [1.807, 2.05) is 0 Å². The van der Waals surface area contributed by atoms with Gasteiger partial charge in [-0.25, -0.2) is 4.39 Å². The highest BCUT2D eigenvalue weighted by molar-refractivity contribution is 5.76. The van der Waals surface area contributed by atoms with Gasteiger partial charge in [0.25, 0.3) is 0 Å². The lowest BCUT2D eigenvalue weighted by molar-refractivity contribution is -0.121. The first kappa shape index (κ1) is 15.7. The van der Waals surface area contributed by atoms with Crippen LogP contribution in [-0.4, -0.2) is 24.1 Å². The van der Waals surface area contributed by atoms with Crippen molar-refractivity contribution >= 4 is 5.91 Å². The van der Waals surface area contributed by atoms with Gasteiger partial charge in [0.15, 0.2) is 11.6 Å². The van der Waals surface area contributed by atoms with Crippen molar-refractivity contribution < 1.29 is 14.3 Å². The number of rotatable bonds is 6. The summed E-state index contributed by atoms with van der Waals surface area (Å²) in [7, 11) is 0. The average Bonchev–Trinajstić information content (AvgIpc) is 2.95. The van der Waals surface area contributed by atoms with E-state index in [0.717, 1.165) is 25.9 Å². The van der Waals surface area contributed by atoms with E-state index in [9.17, 15) is 9.18 Å². The Labute approximate surface area is 123 Å². The molecule has 0 bridgehead atoms. The van der Waals surface area contributed by atoms with Crippen LogP contribution in [-0.2, 0) is 4.79 Å². The molecule has 1 saturated heterocycles. The number of halogens is 1. The summed E-state index contributed by atoms with van der Waals surface area (Å²) in [5, 5.41) is 12.0. The number of phenols is 1. The van der Waals surface area contributed by atoms with Crippen LogP contribution in [0.4, 0.5) is 4.39 Å². The standard InChI is InChI=1S/C15H22FN3O2/c1-10(12-5-6-14(20)13(16)7-12)19-15(21)4-2-3-11-8-17-18-9-11/h5-7,10-11,17-18,20H,2-4,8-9H2,1H3,(H,19,21). The molecule has 4 N–H and O–H groups in total. The van der Waals surface area contributed by atoms with Gasteiger partial charge in [0.2, 0.25) is 5.91 Å². The number of carbonyl (C=O) groups excluding carboxylic acids is 1. The number of aromatic hydroxyl groups is 1. The number of nitrogens with one attached hydrogen (secondary N) is 3. The summed E-state index contributed by atoms with van der Waals surface area (Å²) in [6.45, 7) is 3.70. The van der Waals surface area contributed by atoms with Gasteiger partial charge in [-0.05, 0) is 43.4 Å². The van der Waals surface area contributed by atoms with E-state index in [1.165, 1.54) is 12.1 Å². The van der Waals surface area contributed by atoms with Crippen LogP contribution in [0.1, 0.15) is 37.8 Å². The molecule has 1 amide bonds. The zero-order valence-electron chi connectivity index (χ0n) is 12.2. The Morgan fingerprint density at radius 1 is 1.48 bits per heavy atom. The summed E-state index contributed by atoms with van der Waals surface area (Å²) in [6.07, 6.45) is 2.33. The van der Waals surface area contributed by atoms with Gasteiger partial charge in [0.1, 0.15) is 0 Å². The second kappa shape index (κ2) is 7.38. The molecule has 116 valence electrons. The van der Waals surface area contributed by atoms with Gasteiger partial charge in [0.05, 0.1) is 6.04 Å². The van der Waals surface area contributed by atoms with Crippen LogP contribution in [0.5, 0.6) is 5.75 Å². The van der Waals surface area contributed by atoms with Crippen LogP contribution < -0.4 is 16.2 Å². The lowest BCUT2D eigenvalue weighted by Gasteiger charge is -2.15. The van der Waals surface area contributed by atoms with Crippen molar-refractivity contribution in [3.63, 3.8) is 0 Å². The molecule has 1 aliphatic heterocycles. The highest BCUT2D eigenvalue weighted by atomic mass is 19.1. The molecule has 0 aliphatic carbocycles. The Morgan fingerprint density at radius 3 is 2.86 bits per heavy atom. The van der Waals surface area contributed by atoms with Gasteiger partial charge in [0, 0.05) is 19.5 Å². The number of benzene rings is 1. The van der Waals surface area contributed by atoms with Crippen LogP contribution in [0.3, 0.4) is 0 Å². The molecule has 1 aliphatic rings. The molecule has 1 aromatic carbocycles. The number of carbonyl (C=O) groups is 1. The number of amides is 1. The fourth-order valence-electron chi connectivity index (χ4n) is 2.45. The van der Waals surface area contributed by atoms with E-state index < -0.39 is 5.82 Å². The summed E-state index contributed by atoms with van der Waals surface area (Å²) < 4.78 is 13.3. The van der Waals surface area contributed by atoms with E-state index in [4.69, 9.17) is 5.11 Å². The summed E-state index contributed by atoms with van der Waals surface area (Å²) in [5.74, 6) is -0.498. The number of hydrazine groups is 1. The van der Waals surface area contributed by atoms with E-state index in [-0.39, 0.29) is 17.7 Å². The van der Waals surface area contributed by atoms with Gasteiger partial charge >= 0.3 is 0 Å². The lowest BCUT2D eigenvalue weighted by atomic mass is 10.0. The monoisotopic (exact) mass is 295 g/mol. The van der Waals surface area contributed by atoms with Gasteiger partial charge in [-0.2, -0.15) is 0 Å². The van der Waals surface area contributed by atoms with Crippen LogP contribution in [0, 0.1) is 11.7 Å². The molecule has 1 heterocycles. The van der Waals surface area contributed by atoms with Crippen LogP contribution in [0.2, 0.25) is 0 Å². The first-order valence-electron chi connectivity index (χ1n) is 7.29. The molecule has 21 heavy (non-hydrogen) atoms. The Hall–Kier alpha value is -1.66. The van der Waals surface area contributed by atoms with Gasteiger partial charge in [-0.3, -0.25) is 15.6 Å². The van der Waals surface area contributed by atoms with Crippen molar-refractivity contribution in [1.82, 2.24) is 16.2 Å². The van der Waals surface area contributed by atoms with Crippen molar-refractivity contribution in [2.45, 2.75) is 32.2 Å². The first-order valence-corrected chi connectivity index (χ1v) is 7.29. The van der Waals surface area contributed by atoms with E-state index in [1.54, 1.807) is 13.0 Å². The van der Waals surface area contributed by atoms with Crippen LogP contribution in [0.25, 0.3) is 0 Å². The highest BCUT2D eigenvalue weighted by Crippen LogP contribution is 2.20. The molecule has 0 aromatic heterocycles. The second-order valence-electron chi connectivity index (χ2n) is 5.52. The molecule has 0 radical (unpaired) electrons. The molecule has 1 atom stereocenters. The van der Waals surface area contributed by atoms with Crippen LogP contribution in [0.15, 0.2) is 18.2 Å². The first-order chi connectivity index (χ1) is 10.1. The highest BCUT2D eigenvalue weighted by Gasteiger charge is 2.15. The largest absolute Gasteiger partial charge is 0.505 e. The summed E-state index contributed by atoms with van der Waals surface area (Å²) in [5.41, 5.74) is 6.78. The Bertz CT molecular complexity index is 490. The molecule has 1 fully saturated rings. The van der Waals surface area contributed by atoms with Gasteiger partial charge < -0.3 is 10.4 Å².